The normalized spacial score (nSPS) is 18.7. The predicted molar refractivity (Wildman–Crippen MR) is 104 cm³/mol. The second-order valence-corrected chi connectivity index (χ2v) is 7.50. The van der Waals surface area contributed by atoms with Crippen LogP contribution in [0.25, 0.3) is 0 Å². The van der Waals surface area contributed by atoms with Crippen LogP contribution in [0.5, 0.6) is 11.5 Å². The molecule has 1 atom stereocenters. The van der Waals surface area contributed by atoms with E-state index < -0.39 is 0 Å². The Morgan fingerprint density at radius 2 is 1.89 bits per heavy atom. The van der Waals surface area contributed by atoms with Gasteiger partial charge in [0.15, 0.2) is 11.5 Å². The maximum atomic E-state index is 12.6. The summed E-state index contributed by atoms with van der Waals surface area (Å²) in [5.74, 6) is 1.32. The zero-order valence-electron chi connectivity index (χ0n) is 14.9. The van der Waals surface area contributed by atoms with E-state index in [0.717, 1.165) is 22.0 Å². The van der Waals surface area contributed by atoms with Gasteiger partial charge in [-0.1, -0.05) is 30.0 Å². The van der Waals surface area contributed by atoms with E-state index in [9.17, 15) is 4.79 Å². The molecule has 0 aromatic heterocycles. The monoisotopic (exact) mass is 386 g/mol. The number of fused-ring (bicyclic) bond motifs is 1. The van der Waals surface area contributed by atoms with Gasteiger partial charge in [-0.05, 0) is 12.1 Å². The lowest BCUT2D eigenvalue weighted by molar-refractivity contribution is -0.117. The van der Waals surface area contributed by atoms with Crippen molar-refractivity contribution in [1.82, 2.24) is 5.32 Å². The van der Waals surface area contributed by atoms with Gasteiger partial charge in [0.25, 0.3) is 0 Å². The summed E-state index contributed by atoms with van der Waals surface area (Å²) in [5.41, 5.74) is 0.731. The van der Waals surface area contributed by atoms with Crippen LogP contribution in [0.4, 0.5) is 5.69 Å². The Hall–Kier alpha value is -2.22. The lowest BCUT2D eigenvalue weighted by Gasteiger charge is -2.24. The second-order valence-electron chi connectivity index (χ2n) is 6.39. The quantitative estimate of drug-likeness (QED) is 0.824. The molecule has 1 saturated heterocycles. The van der Waals surface area contributed by atoms with Crippen LogP contribution in [0, 0.1) is 0 Å². The Balaban J connectivity index is 1.54. The number of morpholine rings is 1. The van der Waals surface area contributed by atoms with Gasteiger partial charge in [0.05, 0.1) is 18.9 Å². The molecule has 1 unspecified atom stereocenters. The molecule has 2 heterocycles. The van der Waals surface area contributed by atoms with E-state index in [2.05, 4.69) is 10.6 Å². The number of carbonyl (C=O) groups excluding carboxylic acids is 1. The number of ether oxygens (including phenoxy) is 3. The predicted octanol–water partition coefficient (Wildman–Crippen LogP) is 2.93. The number of hydrogen-bond acceptors (Lipinski definition) is 6. The van der Waals surface area contributed by atoms with Gasteiger partial charge >= 0.3 is 0 Å². The van der Waals surface area contributed by atoms with E-state index >= 15 is 0 Å². The van der Waals surface area contributed by atoms with Crippen LogP contribution >= 0.6 is 11.8 Å². The highest BCUT2D eigenvalue weighted by molar-refractivity contribution is 7.99. The van der Waals surface area contributed by atoms with Gasteiger partial charge in [0, 0.05) is 40.9 Å². The summed E-state index contributed by atoms with van der Waals surface area (Å²) in [7, 11) is 0. The molecule has 4 rings (SSSR count). The average molecular weight is 386 g/mol. The van der Waals surface area contributed by atoms with E-state index in [-0.39, 0.29) is 11.9 Å². The van der Waals surface area contributed by atoms with Gasteiger partial charge in [-0.15, -0.1) is 0 Å². The van der Waals surface area contributed by atoms with Gasteiger partial charge in [0.1, 0.15) is 13.2 Å². The van der Waals surface area contributed by atoms with E-state index in [1.54, 1.807) is 11.8 Å². The number of benzene rings is 2. The fourth-order valence-corrected chi connectivity index (χ4v) is 3.98. The van der Waals surface area contributed by atoms with Crippen molar-refractivity contribution in [2.75, 3.05) is 38.3 Å². The van der Waals surface area contributed by atoms with Crippen molar-refractivity contribution in [1.29, 1.82) is 0 Å². The second kappa shape index (κ2) is 8.65. The zero-order valence-corrected chi connectivity index (χ0v) is 15.7. The third-order valence-electron chi connectivity index (χ3n) is 4.32. The number of carbonyl (C=O) groups is 1. The Morgan fingerprint density at radius 1 is 1.11 bits per heavy atom. The highest BCUT2D eigenvalue weighted by atomic mass is 32.2. The fraction of sp³-hybridized carbons (Fsp3) is 0.350. The lowest BCUT2D eigenvalue weighted by atomic mass is 10.2. The highest BCUT2D eigenvalue weighted by Gasteiger charge is 2.20. The molecule has 27 heavy (non-hydrogen) atoms. The summed E-state index contributed by atoms with van der Waals surface area (Å²) >= 11 is 1.58. The van der Waals surface area contributed by atoms with E-state index in [1.165, 1.54) is 0 Å². The molecule has 2 aliphatic heterocycles. The molecule has 1 fully saturated rings. The van der Waals surface area contributed by atoms with Gasteiger partial charge in [-0.25, -0.2) is 0 Å². The zero-order chi connectivity index (χ0) is 18.5. The first-order chi connectivity index (χ1) is 13.3. The Morgan fingerprint density at radius 3 is 2.63 bits per heavy atom. The highest BCUT2D eigenvalue weighted by Crippen LogP contribution is 2.42. The minimum Gasteiger partial charge on any atom is -0.486 e. The van der Waals surface area contributed by atoms with Crippen LogP contribution in [0.15, 0.2) is 52.3 Å². The molecule has 142 valence electrons. The van der Waals surface area contributed by atoms with Gasteiger partial charge in [-0.2, -0.15) is 0 Å². The summed E-state index contributed by atoms with van der Waals surface area (Å²) in [4.78, 5) is 14.6. The maximum Gasteiger partial charge on any atom is 0.226 e. The first-order valence-electron chi connectivity index (χ1n) is 9.05. The molecule has 2 aliphatic rings. The number of rotatable bonds is 5. The Bertz CT molecular complexity index is 794. The third kappa shape index (κ3) is 4.74. The van der Waals surface area contributed by atoms with E-state index in [4.69, 9.17) is 14.2 Å². The third-order valence-corrected chi connectivity index (χ3v) is 5.39. The van der Waals surface area contributed by atoms with Crippen molar-refractivity contribution in [3.05, 3.63) is 42.5 Å². The molecular weight excluding hydrogens is 364 g/mol. The molecule has 1 amide bonds. The Labute approximate surface area is 162 Å². The van der Waals surface area contributed by atoms with Crippen molar-refractivity contribution < 1.29 is 19.0 Å². The molecule has 6 nitrogen and oxygen atoms in total. The number of hydrogen-bond donors (Lipinski definition) is 2. The van der Waals surface area contributed by atoms with Crippen LogP contribution in [-0.2, 0) is 9.53 Å². The van der Waals surface area contributed by atoms with Gasteiger partial charge in [-0.3, -0.25) is 4.79 Å². The molecule has 7 heteroatoms. The van der Waals surface area contributed by atoms with Crippen LogP contribution in [0.3, 0.4) is 0 Å². The number of nitrogens with one attached hydrogen (secondary N) is 2. The first kappa shape index (κ1) is 18.2. The molecule has 2 aromatic rings. The number of amides is 1. The molecule has 0 radical (unpaired) electrons. The van der Waals surface area contributed by atoms with Crippen molar-refractivity contribution in [2.24, 2.45) is 0 Å². The van der Waals surface area contributed by atoms with E-state index in [0.29, 0.717) is 44.3 Å². The molecule has 0 saturated carbocycles. The van der Waals surface area contributed by atoms with Crippen molar-refractivity contribution in [2.45, 2.75) is 22.3 Å². The van der Waals surface area contributed by atoms with Gasteiger partial charge < -0.3 is 24.8 Å². The van der Waals surface area contributed by atoms with Crippen LogP contribution in [0.2, 0.25) is 0 Å². The standard InChI is InChI=1S/C20H22N2O4S/c23-20(10-14-13-24-7-6-21-14)22-16-11-17-18(26-9-8-25-17)12-19(16)27-15-4-2-1-3-5-15/h1-5,11-12,14,21H,6-10,13H2,(H,22,23). The summed E-state index contributed by atoms with van der Waals surface area (Å²) < 4.78 is 16.8. The van der Waals surface area contributed by atoms with Crippen molar-refractivity contribution in [3.8, 4) is 11.5 Å². The largest absolute Gasteiger partial charge is 0.486 e. The summed E-state index contributed by atoms with van der Waals surface area (Å²) in [6, 6.07) is 13.9. The average Bonchev–Trinajstić information content (AvgIpc) is 2.70. The molecule has 2 N–H and O–H groups in total. The summed E-state index contributed by atoms with van der Waals surface area (Å²) in [6.07, 6.45) is 0.365. The minimum atomic E-state index is -0.0513. The van der Waals surface area contributed by atoms with E-state index in [1.807, 2.05) is 42.5 Å². The summed E-state index contributed by atoms with van der Waals surface area (Å²) in [6.45, 7) is 3.06. The Kier molecular flexibility index (Phi) is 5.81. The molecule has 0 spiro atoms. The minimum absolute atomic E-state index is 0.0428. The van der Waals surface area contributed by atoms with Gasteiger partial charge in [0.2, 0.25) is 5.91 Å². The lowest BCUT2D eigenvalue weighted by Crippen LogP contribution is -2.43. The topological polar surface area (TPSA) is 68.8 Å². The van der Waals surface area contributed by atoms with Crippen LogP contribution in [-0.4, -0.2) is 44.9 Å². The van der Waals surface area contributed by atoms with Crippen molar-refractivity contribution in [3.63, 3.8) is 0 Å². The SMILES string of the molecule is O=C(CC1COCCN1)Nc1cc2c(cc1Sc1ccccc1)OCCO2. The van der Waals surface area contributed by atoms with Crippen LogP contribution in [0.1, 0.15) is 6.42 Å². The molecule has 2 aromatic carbocycles. The molecule has 0 aliphatic carbocycles. The first-order valence-corrected chi connectivity index (χ1v) is 9.87. The smallest absolute Gasteiger partial charge is 0.226 e. The van der Waals surface area contributed by atoms with Crippen molar-refractivity contribution >= 4 is 23.4 Å². The summed E-state index contributed by atoms with van der Waals surface area (Å²) in [5, 5.41) is 6.34. The maximum absolute atomic E-state index is 12.6. The van der Waals surface area contributed by atoms with Crippen LogP contribution < -0.4 is 20.1 Å². The molecular formula is C20H22N2O4S. The number of anilines is 1. The fourth-order valence-electron chi connectivity index (χ4n) is 3.04. The molecule has 0 bridgehead atoms.